The number of rotatable bonds is 3. The van der Waals surface area contributed by atoms with E-state index in [1.54, 1.807) is 6.07 Å². The van der Waals surface area contributed by atoms with Gasteiger partial charge in [-0.1, -0.05) is 13.8 Å². The summed E-state index contributed by atoms with van der Waals surface area (Å²) in [7, 11) is -3.72. The van der Waals surface area contributed by atoms with Gasteiger partial charge in [0.2, 0.25) is 10.0 Å². The molecule has 1 aromatic carbocycles. The summed E-state index contributed by atoms with van der Waals surface area (Å²) in [6.45, 7) is 5.28. The molecule has 4 N–H and O–H groups in total. The van der Waals surface area contributed by atoms with Crippen LogP contribution in [0.3, 0.4) is 0 Å². The van der Waals surface area contributed by atoms with Gasteiger partial charge in [0.1, 0.15) is 0 Å². The molecule has 1 unspecified atom stereocenters. The molecule has 0 saturated carbocycles. The molecule has 0 aliphatic carbocycles. The molecule has 1 heterocycles. The number of nitrogens with two attached hydrogens (primary N) is 2. The van der Waals surface area contributed by atoms with Gasteiger partial charge in [0.15, 0.2) is 0 Å². The van der Waals surface area contributed by atoms with Crippen molar-refractivity contribution >= 4 is 21.4 Å². The SMILES string of the molecule is CC(C)C1CCCN1c1cc(N)cc(S(N)(=O)=O)c1. The quantitative estimate of drug-likeness (QED) is 0.823. The van der Waals surface area contributed by atoms with Gasteiger partial charge < -0.3 is 10.6 Å². The zero-order valence-corrected chi connectivity index (χ0v) is 12.2. The largest absolute Gasteiger partial charge is 0.399 e. The highest BCUT2D eigenvalue weighted by atomic mass is 32.2. The Morgan fingerprint density at radius 2 is 2.00 bits per heavy atom. The van der Waals surface area contributed by atoms with Crippen molar-refractivity contribution in [3.8, 4) is 0 Å². The zero-order chi connectivity index (χ0) is 14.2. The molecule has 6 heteroatoms. The maximum atomic E-state index is 11.5. The van der Waals surface area contributed by atoms with Crippen LogP contribution in [0.5, 0.6) is 0 Å². The predicted octanol–water partition coefficient (Wildman–Crippen LogP) is 1.54. The number of nitrogen functional groups attached to an aromatic ring is 1. The monoisotopic (exact) mass is 283 g/mol. The molecule has 1 fully saturated rings. The third-order valence-electron chi connectivity index (χ3n) is 3.64. The Morgan fingerprint density at radius 3 is 2.58 bits per heavy atom. The summed E-state index contributed by atoms with van der Waals surface area (Å²) in [6.07, 6.45) is 2.24. The first kappa shape index (κ1) is 14.1. The van der Waals surface area contributed by atoms with Crippen molar-refractivity contribution in [3.63, 3.8) is 0 Å². The highest BCUT2D eigenvalue weighted by Gasteiger charge is 2.28. The highest BCUT2D eigenvalue weighted by molar-refractivity contribution is 7.89. The van der Waals surface area contributed by atoms with Crippen LogP contribution in [0.2, 0.25) is 0 Å². The van der Waals surface area contributed by atoms with Gasteiger partial charge >= 0.3 is 0 Å². The van der Waals surface area contributed by atoms with E-state index in [4.69, 9.17) is 10.9 Å². The predicted molar refractivity (Wildman–Crippen MR) is 77.4 cm³/mol. The molecule has 0 amide bonds. The van der Waals surface area contributed by atoms with Crippen molar-refractivity contribution in [1.82, 2.24) is 0 Å². The Bertz CT molecular complexity index is 569. The molecule has 1 aliphatic rings. The van der Waals surface area contributed by atoms with E-state index in [2.05, 4.69) is 18.7 Å². The summed E-state index contributed by atoms with van der Waals surface area (Å²) in [5, 5.41) is 5.19. The molecule has 1 aromatic rings. The van der Waals surface area contributed by atoms with E-state index >= 15 is 0 Å². The van der Waals surface area contributed by atoms with Crippen molar-refractivity contribution in [2.24, 2.45) is 11.1 Å². The first-order valence-corrected chi connectivity index (χ1v) is 8.03. The Morgan fingerprint density at radius 1 is 1.32 bits per heavy atom. The fourth-order valence-corrected chi connectivity index (χ4v) is 3.33. The summed E-state index contributed by atoms with van der Waals surface area (Å²) in [4.78, 5) is 2.31. The first-order valence-electron chi connectivity index (χ1n) is 6.49. The normalized spacial score (nSPS) is 20.2. The van der Waals surface area contributed by atoms with Gasteiger partial charge in [-0.05, 0) is 37.0 Å². The molecule has 106 valence electrons. The van der Waals surface area contributed by atoms with Gasteiger partial charge in [0.25, 0.3) is 0 Å². The summed E-state index contributed by atoms with van der Waals surface area (Å²) in [5.41, 5.74) is 7.07. The number of hydrogen-bond donors (Lipinski definition) is 2. The van der Waals surface area contributed by atoms with Gasteiger partial charge in [0.05, 0.1) is 4.90 Å². The lowest BCUT2D eigenvalue weighted by atomic mass is 10.0. The van der Waals surface area contributed by atoms with Gasteiger partial charge in [0, 0.05) is 24.0 Å². The van der Waals surface area contributed by atoms with Gasteiger partial charge in [-0.3, -0.25) is 0 Å². The summed E-state index contributed by atoms with van der Waals surface area (Å²) < 4.78 is 22.9. The third kappa shape index (κ3) is 3.01. The molecule has 1 aliphatic heterocycles. The fourth-order valence-electron chi connectivity index (χ4n) is 2.74. The number of primary sulfonamides is 1. The average Bonchev–Trinajstić information content (AvgIpc) is 2.75. The summed E-state index contributed by atoms with van der Waals surface area (Å²) in [6, 6.07) is 5.26. The molecule has 0 radical (unpaired) electrons. The average molecular weight is 283 g/mol. The molecular weight excluding hydrogens is 262 g/mol. The lowest BCUT2D eigenvalue weighted by molar-refractivity contribution is 0.492. The molecule has 1 atom stereocenters. The molecule has 19 heavy (non-hydrogen) atoms. The van der Waals surface area contributed by atoms with Crippen LogP contribution < -0.4 is 15.8 Å². The van der Waals surface area contributed by atoms with Crippen molar-refractivity contribution in [1.29, 1.82) is 0 Å². The minimum absolute atomic E-state index is 0.0805. The Labute approximate surface area is 114 Å². The molecule has 2 rings (SSSR count). The van der Waals surface area contributed by atoms with E-state index in [0.717, 1.165) is 25.1 Å². The van der Waals surface area contributed by atoms with E-state index in [1.807, 2.05) is 6.07 Å². The maximum absolute atomic E-state index is 11.5. The maximum Gasteiger partial charge on any atom is 0.238 e. The van der Waals surface area contributed by atoms with Gasteiger partial charge in [-0.2, -0.15) is 0 Å². The molecule has 0 spiro atoms. The van der Waals surface area contributed by atoms with Crippen LogP contribution in [0.25, 0.3) is 0 Å². The Hall–Kier alpha value is -1.27. The second-order valence-corrected chi connectivity index (χ2v) is 7.01. The van der Waals surface area contributed by atoms with Gasteiger partial charge in [-0.25, -0.2) is 13.6 Å². The van der Waals surface area contributed by atoms with Crippen LogP contribution in [-0.4, -0.2) is 21.0 Å². The number of hydrogen-bond acceptors (Lipinski definition) is 4. The highest BCUT2D eigenvalue weighted by Crippen LogP contribution is 2.32. The minimum Gasteiger partial charge on any atom is -0.399 e. The van der Waals surface area contributed by atoms with Gasteiger partial charge in [-0.15, -0.1) is 0 Å². The van der Waals surface area contributed by atoms with Crippen molar-refractivity contribution in [2.45, 2.75) is 37.6 Å². The number of sulfonamides is 1. The van der Waals surface area contributed by atoms with Crippen molar-refractivity contribution < 1.29 is 8.42 Å². The van der Waals surface area contributed by atoms with E-state index in [-0.39, 0.29) is 4.90 Å². The number of anilines is 2. The Kier molecular flexibility index (Phi) is 3.73. The fraction of sp³-hybridized carbons (Fsp3) is 0.538. The van der Waals surface area contributed by atoms with Crippen LogP contribution in [0.1, 0.15) is 26.7 Å². The number of benzene rings is 1. The summed E-state index contributed by atoms with van der Waals surface area (Å²) in [5.74, 6) is 0.516. The van der Waals surface area contributed by atoms with E-state index in [0.29, 0.717) is 17.6 Å². The smallest absolute Gasteiger partial charge is 0.238 e. The standard InChI is InChI=1S/C13H21N3O2S/c1-9(2)13-4-3-5-16(13)11-6-10(14)7-12(8-11)19(15,17)18/h6-9,13H,3-5,14H2,1-2H3,(H2,15,17,18). The van der Waals surface area contributed by atoms with Crippen LogP contribution >= 0.6 is 0 Å². The molecular formula is C13H21N3O2S. The molecule has 1 saturated heterocycles. The Balaban J connectivity index is 2.43. The van der Waals surface area contributed by atoms with E-state index in [9.17, 15) is 8.42 Å². The second kappa shape index (κ2) is 5.02. The molecule has 0 bridgehead atoms. The molecule has 0 aromatic heterocycles. The van der Waals surface area contributed by atoms with Crippen molar-refractivity contribution in [2.75, 3.05) is 17.2 Å². The molecule has 5 nitrogen and oxygen atoms in total. The number of nitrogens with zero attached hydrogens (tertiary/aromatic N) is 1. The van der Waals surface area contributed by atoms with Crippen LogP contribution in [0, 0.1) is 5.92 Å². The summed E-state index contributed by atoms with van der Waals surface area (Å²) >= 11 is 0. The second-order valence-electron chi connectivity index (χ2n) is 5.45. The lowest BCUT2D eigenvalue weighted by Crippen LogP contribution is -2.33. The van der Waals surface area contributed by atoms with E-state index < -0.39 is 10.0 Å². The van der Waals surface area contributed by atoms with E-state index in [1.165, 1.54) is 6.07 Å². The van der Waals surface area contributed by atoms with Crippen molar-refractivity contribution in [3.05, 3.63) is 18.2 Å². The zero-order valence-electron chi connectivity index (χ0n) is 11.3. The first-order chi connectivity index (χ1) is 8.79. The van der Waals surface area contributed by atoms with Crippen LogP contribution in [0.15, 0.2) is 23.1 Å². The topological polar surface area (TPSA) is 89.4 Å². The minimum atomic E-state index is -3.72. The van der Waals surface area contributed by atoms with Crippen LogP contribution in [-0.2, 0) is 10.0 Å². The third-order valence-corrected chi connectivity index (χ3v) is 4.54. The lowest BCUT2D eigenvalue weighted by Gasteiger charge is -2.30. The van der Waals surface area contributed by atoms with Crippen LogP contribution in [0.4, 0.5) is 11.4 Å².